The Morgan fingerprint density at radius 3 is 1.62 bits per heavy atom. The number of piperidine rings is 2. The molecule has 2 unspecified atom stereocenters. The maximum absolute atomic E-state index is 11.2. The second-order valence-electron chi connectivity index (χ2n) is 10.0. The summed E-state index contributed by atoms with van der Waals surface area (Å²) in [5.74, 6) is 0.706. The maximum Gasteiger partial charge on any atom is 0.307 e. The summed E-state index contributed by atoms with van der Waals surface area (Å²) in [6.45, 7) is 6.02. The van der Waals surface area contributed by atoms with Gasteiger partial charge in [-0.2, -0.15) is 0 Å². The highest BCUT2D eigenvalue weighted by atomic mass is 35.5. The van der Waals surface area contributed by atoms with E-state index in [-0.39, 0.29) is 17.7 Å². The number of halogens is 2. The van der Waals surface area contributed by atoms with Gasteiger partial charge in [0.25, 0.3) is 0 Å². The van der Waals surface area contributed by atoms with Crippen LogP contribution < -0.4 is 15.5 Å². The SMILES string of the molecule is CC1[C@@H]2[C@H](CN1c1cccc(Cl)c1)[C@H]2C(=O)O.CC1[C@@H]2[C@H](CN1c1cccc(Cl)c1)[C@H]2C(N)=O. The summed E-state index contributed by atoms with van der Waals surface area (Å²) >= 11 is 12.0. The number of hydrogen-bond donors (Lipinski definition) is 2. The van der Waals surface area contributed by atoms with Crippen molar-refractivity contribution < 1.29 is 14.7 Å². The van der Waals surface area contributed by atoms with Gasteiger partial charge in [0.1, 0.15) is 0 Å². The van der Waals surface area contributed by atoms with Crippen molar-refractivity contribution in [2.75, 3.05) is 22.9 Å². The second kappa shape index (κ2) is 8.65. The van der Waals surface area contributed by atoms with Crippen molar-refractivity contribution in [1.82, 2.24) is 0 Å². The molecule has 1 amide bonds. The van der Waals surface area contributed by atoms with Gasteiger partial charge in [0.2, 0.25) is 5.91 Å². The fourth-order valence-corrected chi connectivity index (χ4v) is 6.90. The molecule has 2 aromatic rings. The number of aliphatic carboxylic acids is 1. The number of carbonyl (C=O) groups excluding carboxylic acids is 1. The molecule has 180 valence electrons. The molecule has 8 heteroatoms. The van der Waals surface area contributed by atoms with Gasteiger partial charge in [0, 0.05) is 52.5 Å². The fraction of sp³-hybridized carbons (Fsp3) is 0.462. The van der Waals surface area contributed by atoms with E-state index in [0.717, 1.165) is 34.5 Å². The summed E-state index contributed by atoms with van der Waals surface area (Å²) in [6, 6.07) is 16.3. The van der Waals surface area contributed by atoms with E-state index in [1.807, 2.05) is 42.5 Å². The number of benzene rings is 2. The zero-order valence-electron chi connectivity index (χ0n) is 19.1. The zero-order valence-corrected chi connectivity index (χ0v) is 20.7. The number of anilines is 2. The van der Waals surface area contributed by atoms with Gasteiger partial charge < -0.3 is 20.6 Å². The topological polar surface area (TPSA) is 86.9 Å². The molecule has 2 heterocycles. The van der Waals surface area contributed by atoms with Gasteiger partial charge in [0.05, 0.1) is 5.92 Å². The van der Waals surface area contributed by atoms with E-state index in [4.69, 9.17) is 34.0 Å². The quantitative estimate of drug-likeness (QED) is 0.648. The molecular weight excluding hydrogens is 473 g/mol. The zero-order chi connectivity index (χ0) is 24.3. The number of nitrogens with two attached hydrogens (primary N) is 1. The molecule has 6 nitrogen and oxygen atoms in total. The van der Waals surface area contributed by atoms with Crippen molar-refractivity contribution in [3.05, 3.63) is 58.6 Å². The second-order valence-corrected chi connectivity index (χ2v) is 10.9. The van der Waals surface area contributed by atoms with Gasteiger partial charge >= 0.3 is 5.97 Å². The normalized spacial score (nSPS) is 34.6. The highest BCUT2D eigenvalue weighted by molar-refractivity contribution is 6.31. The van der Waals surface area contributed by atoms with Crippen molar-refractivity contribution in [3.63, 3.8) is 0 Å². The predicted molar refractivity (Wildman–Crippen MR) is 134 cm³/mol. The molecule has 0 aromatic heterocycles. The van der Waals surface area contributed by atoms with Crippen LogP contribution in [-0.4, -0.2) is 42.2 Å². The Bertz CT molecular complexity index is 1040. The average molecular weight is 502 g/mol. The van der Waals surface area contributed by atoms with Crippen LogP contribution in [0.25, 0.3) is 0 Å². The number of fused-ring (bicyclic) bond motifs is 2. The van der Waals surface area contributed by atoms with Gasteiger partial charge in [-0.1, -0.05) is 35.3 Å². The standard InChI is InChI=1S/C13H15ClN2O.C13H14ClNO2/c1-7-11-10(12(11)13(15)17)6-16(7)9-4-2-3-8(14)5-9;1-7-11-10(12(11)13(16)17)6-15(7)9-4-2-3-8(14)5-9/h2-5,7,10-12H,6H2,1H3,(H2,15,17);2-5,7,10-12H,6H2,1H3,(H,16,17)/t2*7?,10-,11+,12+/m00/s1. The number of nitrogens with zero attached hydrogens (tertiary/aromatic N) is 2. The van der Waals surface area contributed by atoms with Crippen LogP contribution in [0.3, 0.4) is 0 Å². The Morgan fingerprint density at radius 1 is 0.853 bits per heavy atom. The third kappa shape index (κ3) is 4.01. The molecular formula is C26H29Cl2N3O3. The number of hydrogen-bond acceptors (Lipinski definition) is 4. The van der Waals surface area contributed by atoms with Gasteiger partial charge in [-0.05, 0) is 73.9 Å². The minimum Gasteiger partial charge on any atom is -0.481 e. The Balaban J connectivity index is 0.000000142. The molecule has 0 radical (unpaired) electrons. The first-order valence-corrected chi connectivity index (χ1v) is 12.5. The van der Waals surface area contributed by atoms with Gasteiger partial charge in [0.15, 0.2) is 0 Å². The van der Waals surface area contributed by atoms with Gasteiger partial charge in [-0.15, -0.1) is 0 Å². The summed E-state index contributed by atoms with van der Waals surface area (Å²) in [6.07, 6.45) is 0. The average Bonchev–Trinajstić information content (AvgIpc) is 3.63. The van der Waals surface area contributed by atoms with Crippen LogP contribution in [0, 0.1) is 35.5 Å². The molecule has 2 saturated carbocycles. The third-order valence-corrected chi connectivity index (χ3v) is 8.73. The highest BCUT2D eigenvalue weighted by Crippen LogP contribution is 2.57. The molecule has 4 fully saturated rings. The summed E-state index contributed by atoms with van der Waals surface area (Å²) in [7, 11) is 0. The molecule has 2 aliphatic heterocycles. The van der Waals surface area contributed by atoms with Crippen molar-refractivity contribution in [3.8, 4) is 0 Å². The molecule has 2 saturated heterocycles. The molecule has 0 spiro atoms. The predicted octanol–water partition coefficient (Wildman–Crippen LogP) is 4.39. The summed E-state index contributed by atoms with van der Waals surface area (Å²) < 4.78 is 0. The van der Waals surface area contributed by atoms with Crippen LogP contribution in [0.4, 0.5) is 11.4 Å². The first-order chi connectivity index (χ1) is 16.2. The van der Waals surface area contributed by atoms with E-state index in [0.29, 0.717) is 35.8 Å². The Morgan fingerprint density at radius 2 is 1.29 bits per heavy atom. The smallest absolute Gasteiger partial charge is 0.307 e. The fourth-order valence-electron chi connectivity index (χ4n) is 6.53. The van der Waals surface area contributed by atoms with Crippen LogP contribution >= 0.6 is 23.2 Å². The Labute approximate surface area is 209 Å². The first kappa shape index (κ1) is 23.3. The molecule has 8 atom stereocenters. The van der Waals surface area contributed by atoms with Crippen molar-refractivity contribution in [1.29, 1.82) is 0 Å². The molecule has 0 bridgehead atoms. The lowest BCUT2D eigenvalue weighted by Crippen LogP contribution is -2.34. The molecule has 4 aliphatic rings. The van der Waals surface area contributed by atoms with Crippen LogP contribution in [0.15, 0.2) is 48.5 Å². The van der Waals surface area contributed by atoms with Gasteiger partial charge in [-0.3, -0.25) is 9.59 Å². The van der Waals surface area contributed by atoms with Crippen LogP contribution in [0.2, 0.25) is 10.0 Å². The molecule has 2 aliphatic carbocycles. The van der Waals surface area contributed by atoms with Crippen LogP contribution in [0.5, 0.6) is 0 Å². The van der Waals surface area contributed by atoms with E-state index < -0.39 is 5.97 Å². The molecule has 3 N–H and O–H groups in total. The Hall–Kier alpha value is -2.44. The van der Waals surface area contributed by atoms with E-state index in [1.54, 1.807) is 0 Å². The molecule has 6 rings (SSSR count). The van der Waals surface area contributed by atoms with E-state index in [1.165, 1.54) is 0 Å². The highest BCUT2D eigenvalue weighted by Gasteiger charge is 2.63. The lowest BCUT2D eigenvalue weighted by molar-refractivity contribution is -0.139. The summed E-state index contributed by atoms with van der Waals surface area (Å²) in [5.41, 5.74) is 7.62. The largest absolute Gasteiger partial charge is 0.481 e. The third-order valence-electron chi connectivity index (χ3n) is 8.26. The van der Waals surface area contributed by atoms with Gasteiger partial charge in [-0.25, -0.2) is 0 Å². The van der Waals surface area contributed by atoms with Crippen molar-refractivity contribution >= 4 is 46.5 Å². The van der Waals surface area contributed by atoms with Crippen LogP contribution in [-0.2, 0) is 9.59 Å². The minimum absolute atomic E-state index is 0.0976. The Kier molecular flexibility index (Phi) is 5.93. The summed E-state index contributed by atoms with van der Waals surface area (Å²) in [4.78, 5) is 26.8. The van der Waals surface area contributed by atoms with E-state index in [2.05, 4.69) is 29.7 Å². The van der Waals surface area contributed by atoms with Crippen molar-refractivity contribution in [2.45, 2.75) is 25.9 Å². The number of carbonyl (C=O) groups is 2. The molecule has 2 aromatic carbocycles. The number of carboxylic acid groups (broad SMARTS) is 1. The number of rotatable bonds is 4. The monoisotopic (exact) mass is 501 g/mol. The first-order valence-electron chi connectivity index (χ1n) is 11.8. The molecule has 34 heavy (non-hydrogen) atoms. The number of amides is 1. The number of carboxylic acids is 1. The lowest BCUT2D eigenvalue weighted by Gasteiger charge is -2.28. The lowest BCUT2D eigenvalue weighted by atomic mass is 10.1. The number of primary amides is 1. The van der Waals surface area contributed by atoms with E-state index >= 15 is 0 Å². The van der Waals surface area contributed by atoms with E-state index in [9.17, 15) is 9.59 Å². The minimum atomic E-state index is -0.641. The van der Waals surface area contributed by atoms with Crippen LogP contribution in [0.1, 0.15) is 13.8 Å². The summed E-state index contributed by atoms with van der Waals surface area (Å²) in [5, 5.41) is 10.5. The van der Waals surface area contributed by atoms with Crippen molar-refractivity contribution in [2.24, 2.45) is 41.2 Å². The maximum atomic E-state index is 11.2.